The second-order valence-electron chi connectivity index (χ2n) is 18.9. The molecule has 0 aliphatic carbocycles. The number of carbonyl (C=O) groups excluding carboxylic acids is 2. The van der Waals surface area contributed by atoms with Crippen molar-refractivity contribution in [2.45, 2.75) is 315 Å². The highest BCUT2D eigenvalue weighted by Crippen LogP contribution is 2.17. The molecule has 0 heterocycles. The van der Waals surface area contributed by atoms with Crippen LogP contribution in [0.4, 0.5) is 0 Å². The summed E-state index contributed by atoms with van der Waals surface area (Å²) in [4.78, 5) is 24.4. The zero-order chi connectivity index (χ0) is 44.4. The van der Waals surface area contributed by atoms with Crippen LogP contribution in [0.5, 0.6) is 0 Å². The van der Waals surface area contributed by atoms with Crippen molar-refractivity contribution in [2.24, 2.45) is 0 Å². The van der Waals surface area contributed by atoms with Crippen molar-refractivity contribution in [3.05, 3.63) is 12.2 Å². The van der Waals surface area contributed by atoms with Gasteiger partial charge in [-0.05, 0) is 32.1 Å². The molecule has 2 atom stereocenters. The van der Waals surface area contributed by atoms with E-state index < -0.39 is 12.1 Å². The van der Waals surface area contributed by atoms with Crippen molar-refractivity contribution in [1.82, 2.24) is 5.32 Å². The molecule has 0 saturated carbocycles. The smallest absolute Gasteiger partial charge is 0.305 e. The molecule has 0 aliphatic heterocycles. The van der Waals surface area contributed by atoms with Gasteiger partial charge in [0.25, 0.3) is 0 Å². The number of hydrogen-bond acceptors (Lipinski definition) is 5. The highest BCUT2D eigenvalue weighted by atomic mass is 16.5. The third-order valence-electron chi connectivity index (χ3n) is 12.8. The van der Waals surface area contributed by atoms with E-state index in [1.807, 2.05) is 6.08 Å². The zero-order valence-corrected chi connectivity index (χ0v) is 41.2. The molecule has 2 unspecified atom stereocenters. The van der Waals surface area contributed by atoms with Gasteiger partial charge in [-0.25, -0.2) is 0 Å². The number of esters is 1. The number of ether oxygens (including phenoxy) is 1. The molecule has 6 heteroatoms. The van der Waals surface area contributed by atoms with Crippen LogP contribution in [0.2, 0.25) is 0 Å². The zero-order valence-electron chi connectivity index (χ0n) is 41.2. The van der Waals surface area contributed by atoms with Gasteiger partial charge in [0.15, 0.2) is 0 Å². The Hall–Kier alpha value is -1.40. The molecule has 0 aliphatic rings. The van der Waals surface area contributed by atoms with Crippen LogP contribution in [0.1, 0.15) is 303 Å². The number of aliphatic hydroxyl groups excluding tert-OH is 2. The minimum Gasteiger partial charge on any atom is -0.466 e. The summed E-state index contributed by atoms with van der Waals surface area (Å²) in [6.45, 7) is 4.89. The van der Waals surface area contributed by atoms with Crippen LogP contribution in [-0.2, 0) is 14.3 Å². The van der Waals surface area contributed by atoms with Crippen molar-refractivity contribution < 1.29 is 24.5 Å². The summed E-state index contributed by atoms with van der Waals surface area (Å²) in [6, 6.07) is -0.625. The van der Waals surface area contributed by atoms with Gasteiger partial charge in [0.05, 0.1) is 25.4 Å². The first kappa shape index (κ1) is 59.6. The van der Waals surface area contributed by atoms with E-state index >= 15 is 0 Å². The summed E-state index contributed by atoms with van der Waals surface area (Å²) in [5.74, 6) is -0.0559. The second kappa shape index (κ2) is 51.2. The third kappa shape index (κ3) is 47.9. The summed E-state index contributed by atoms with van der Waals surface area (Å²) in [5.41, 5.74) is 0. The molecule has 0 aromatic rings. The van der Waals surface area contributed by atoms with Gasteiger partial charge in [-0.15, -0.1) is 0 Å². The molecular formula is C55H107NO5. The fourth-order valence-electron chi connectivity index (χ4n) is 8.58. The molecule has 362 valence electrons. The molecule has 0 radical (unpaired) electrons. The van der Waals surface area contributed by atoms with E-state index in [0.717, 1.165) is 38.5 Å². The Kier molecular flexibility index (Phi) is 50.1. The van der Waals surface area contributed by atoms with Gasteiger partial charge in [-0.3, -0.25) is 9.59 Å². The van der Waals surface area contributed by atoms with Crippen LogP contribution in [-0.4, -0.2) is 47.4 Å². The van der Waals surface area contributed by atoms with E-state index in [9.17, 15) is 19.8 Å². The highest BCUT2D eigenvalue weighted by molar-refractivity contribution is 5.76. The van der Waals surface area contributed by atoms with E-state index in [2.05, 4.69) is 19.2 Å². The lowest BCUT2D eigenvalue weighted by Gasteiger charge is -2.20. The number of unbranched alkanes of at least 4 members (excludes halogenated alkanes) is 40. The molecule has 0 saturated heterocycles. The number of allylic oxidation sites excluding steroid dienone is 1. The first-order valence-electron chi connectivity index (χ1n) is 27.5. The lowest BCUT2D eigenvalue weighted by Crippen LogP contribution is -2.45. The largest absolute Gasteiger partial charge is 0.466 e. The monoisotopic (exact) mass is 862 g/mol. The quantitative estimate of drug-likeness (QED) is 0.0322. The number of aliphatic hydroxyl groups is 2. The van der Waals surface area contributed by atoms with Crippen LogP contribution in [0.3, 0.4) is 0 Å². The van der Waals surface area contributed by atoms with Crippen LogP contribution < -0.4 is 5.32 Å². The van der Waals surface area contributed by atoms with Gasteiger partial charge in [0.1, 0.15) is 0 Å². The maximum atomic E-state index is 12.4. The van der Waals surface area contributed by atoms with Crippen molar-refractivity contribution in [3.63, 3.8) is 0 Å². The van der Waals surface area contributed by atoms with E-state index in [0.29, 0.717) is 19.4 Å². The maximum Gasteiger partial charge on any atom is 0.305 e. The number of nitrogens with one attached hydrogen (secondary N) is 1. The predicted octanol–water partition coefficient (Wildman–Crippen LogP) is 16.5. The maximum absolute atomic E-state index is 12.4. The fourth-order valence-corrected chi connectivity index (χ4v) is 8.58. The summed E-state index contributed by atoms with van der Waals surface area (Å²) >= 11 is 0. The Morgan fingerprint density at radius 2 is 0.754 bits per heavy atom. The summed E-state index contributed by atoms with van der Waals surface area (Å²) < 4.78 is 5.47. The molecular weight excluding hydrogens is 755 g/mol. The van der Waals surface area contributed by atoms with Crippen molar-refractivity contribution in [1.29, 1.82) is 0 Å². The standard InChI is InChI=1S/C55H107NO5/c1-3-5-7-9-11-13-15-29-33-37-41-45-49-55(60)61-50-46-42-38-34-30-27-25-23-21-19-17-16-18-20-22-24-26-28-32-36-40-44-48-54(59)56-52(51-57)53(58)47-43-39-35-31-14-12-10-8-6-4-2/h43,47,52-53,57-58H,3-42,44-46,48-51H2,1-2H3,(H,56,59)/b47-43+. The molecule has 0 spiro atoms. The first-order valence-corrected chi connectivity index (χ1v) is 27.5. The summed E-state index contributed by atoms with van der Waals surface area (Å²) in [7, 11) is 0. The Bertz CT molecular complexity index is 909. The topological polar surface area (TPSA) is 95.9 Å². The normalized spacial score (nSPS) is 12.7. The Labute approximate surface area is 380 Å². The number of rotatable bonds is 51. The third-order valence-corrected chi connectivity index (χ3v) is 12.8. The van der Waals surface area contributed by atoms with E-state index in [4.69, 9.17) is 4.74 Å². The molecule has 0 aromatic heterocycles. The van der Waals surface area contributed by atoms with Gasteiger partial charge in [0, 0.05) is 12.8 Å². The summed E-state index contributed by atoms with van der Waals surface area (Å²) in [5, 5.41) is 23.0. The summed E-state index contributed by atoms with van der Waals surface area (Å²) in [6.07, 6.45) is 59.5. The van der Waals surface area contributed by atoms with Gasteiger partial charge < -0.3 is 20.3 Å². The van der Waals surface area contributed by atoms with Crippen molar-refractivity contribution >= 4 is 11.9 Å². The fraction of sp³-hybridized carbons (Fsp3) is 0.927. The average molecular weight is 862 g/mol. The molecule has 0 rings (SSSR count). The predicted molar refractivity (Wildman–Crippen MR) is 264 cm³/mol. The number of carbonyl (C=O) groups is 2. The van der Waals surface area contributed by atoms with Crippen molar-refractivity contribution in [2.75, 3.05) is 13.2 Å². The average Bonchev–Trinajstić information content (AvgIpc) is 3.26. The van der Waals surface area contributed by atoms with Gasteiger partial charge in [-0.2, -0.15) is 0 Å². The number of hydrogen-bond donors (Lipinski definition) is 3. The van der Waals surface area contributed by atoms with Gasteiger partial charge >= 0.3 is 5.97 Å². The molecule has 3 N–H and O–H groups in total. The Morgan fingerprint density at radius 3 is 1.11 bits per heavy atom. The second-order valence-corrected chi connectivity index (χ2v) is 18.9. The lowest BCUT2D eigenvalue weighted by atomic mass is 10.0. The molecule has 61 heavy (non-hydrogen) atoms. The number of amides is 1. The van der Waals surface area contributed by atoms with Crippen LogP contribution in [0.25, 0.3) is 0 Å². The van der Waals surface area contributed by atoms with Crippen LogP contribution in [0.15, 0.2) is 12.2 Å². The molecule has 6 nitrogen and oxygen atoms in total. The Balaban J connectivity index is 3.36. The lowest BCUT2D eigenvalue weighted by molar-refractivity contribution is -0.143. The van der Waals surface area contributed by atoms with Crippen LogP contribution in [0, 0.1) is 0 Å². The SMILES string of the molecule is CCCCCCCCCC/C=C/C(O)C(CO)NC(=O)CCCCCCCCCCCCCCCCCCCCCCCCOC(=O)CCCCCCCCCCCCCC. The molecule has 1 amide bonds. The molecule has 0 aromatic carbocycles. The van der Waals surface area contributed by atoms with Crippen molar-refractivity contribution in [3.8, 4) is 0 Å². The van der Waals surface area contributed by atoms with Gasteiger partial charge in [0.2, 0.25) is 5.91 Å². The first-order chi connectivity index (χ1) is 30.0. The van der Waals surface area contributed by atoms with E-state index in [1.54, 1.807) is 6.08 Å². The molecule has 0 fully saturated rings. The Morgan fingerprint density at radius 1 is 0.443 bits per heavy atom. The minimum atomic E-state index is -0.841. The van der Waals surface area contributed by atoms with E-state index in [-0.39, 0.29) is 18.5 Å². The van der Waals surface area contributed by atoms with E-state index in [1.165, 1.54) is 238 Å². The van der Waals surface area contributed by atoms with Crippen LogP contribution >= 0.6 is 0 Å². The van der Waals surface area contributed by atoms with Gasteiger partial charge in [-0.1, -0.05) is 270 Å². The highest BCUT2D eigenvalue weighted by Gasteiger charge is 2.18. The molecule has 0 bridgehead atoms. The minimum absolute atomic E-state index is 0.0134.